The molecule has 0 radical (unpaired) electrons. The number of primary amides is 1. The molecule has 1 heterocycles. The van der Waals surface area contributed by atoms with Gasteiger partial charge in [-0.15, -0.1) is 0 Å². The number of hydrogen-bond acceptors (Lipinski definition) is 8. The summed E-state index contributed by atoms with van der Waals surface area (Å²) in [5.74, 6) is -2.17. The number of aliphatic imine (C=N–C) groups is 1. The third kappa shape index (κ3) is 5.30. The maximum Gasteiger partial charge on any atom is 0.338 e. The van der Waals surface area contributed by atoms with Crippen LogP contribution < -0.4 is 5.73 Å². The molecule has 0 saturated carbocycles. The van der Waals surface area contributed by atoms with Crippen molar-refractivity contribution in [2.24, 2.45) is 10.7 Å². The van der Waals surface area contributed by atoms with E-state index in [9.17, 15) is 19.2 Å². The Hall–Kier alpha value is -2.88. The first kappa shape index (κ1) is 20.4. The molecule has 1 aliphatic rings. The number of hydrogen-bond donors (Lipinski definition) is 1. The average Bonchev–Trinajstić information content (AvgIpc) is 2.64. The molecule has 1 aromatic carbocycles. The van der Waals surface area contributed by atoms with Crippen molar-refractivity contribution >= 4 is 46.4 Å². The second kappa shape index (κ2) is 9.17. The van der Waals surface area contributed by atoms with Gasteiger partial charge in [0.2, 0.25) is 11.8 Å². The van der Waals surface area contributed by atoms with Crippen LogP contribution in [-0.2, 0) is 23.9 Å². The Morgan fingerprint density at radius 2 is 1.96 bits per heavy atom. The van der Waals surface area contributed by atoms with Gasteiger partial charge in [-0.3, -0.25) is 19.3 Å². The number of esters is 2. The van der Waals surface area contributed by atoms with Crippen LogP contribution in [-0.4, -0.2) is 59.3 Å². The Morgan fingerprint density at radius 3 is 2.52 bits per heavy atom. The highest BCUT2D eigenvalue weighted by Gasteiger charge is 2.36. The Labute approximate surface area is 159 Å². The molecule has 2 N–H and O–H groups in total. The quantitative estimate of drug-likeness (QED) is 0.709. The molecule has 2 amide bonds. The SMILES string of the molecule is CCOC(=O)c1ccc(N=C2SC(C(N)=O)CC(=O)N2CC(=O)OC)cc1. The highest BCUT2D eigenvalue weighted by Crippen LogP contribution is 2.28. The van der Waals surface area contributed by atoms with E-state index in [1.54, 1.807) is 19.1 Å². The molecule has 1 aromatic rings. The second-order valence-electron chi connectivity index (χ2n) is 5.43. The van der Waals surface area contributed by atoms with E-state index in [1.165, 1.54) is 19.2 Å². The maximum atomic E-state index is 12.3. The molecule has 1 saturated heterocycles. The Bertz CT molecular complexity index is 777. The fourth-order valence-corrected chi connectivity index (χ4v) is 3.25. The van der Waals surface area contributed by atoms with Crippen molar-refractivity contribution in [3.05, 3.63) is 29.8 Å². The summed E-state index contributed by atoms with van der Waals surface area (Å²) in [6, 6.07) is 6.19. The van der Waals surface area contributed by atoms with E-state index in [1.807, 2.05) is 0 Å². The summed E-state index contributed by atoms with van der Waals surface area (Å²) in [4.78, 5) is 52.6. The molecule has 144 valence electrons. The van der Waals surface area contributed by atoms with Crippen molar-refractivity contribution in [1.29, 1.82) is 0 Å². The van der Waals surface area contributed by atoms with Crippen LogP contribution in [0, 0.1) is 0 Å². The van der Waals surface area contributed by atoms with Crippen LogP contribution in [0.2, 0.25) is 0 Å². The molecule has 9 nitrogen and oxygen atoms in total. The van der Waals surface area contributed by atoms with Crippen LogP contribution in [0.1, 0.15) is 23.7 Å². The zero-order valence-corrected chi connectivity index (χ0v) is 15.7. The molecule has 1 aliphatic heterocycles. The Kier molecular flexibility index (Phi) is 6.94. The number of nitrogens with two attached hydrogens (primary N) is 1. The topological polar surface area (TPSA) is 128 Å². The smallest absolute Gasteiger partial charge is 0.338 e. The standard InChI is InChI=1S/C17H19N3O6S/c1-3-26-16(24)10-4-6-11(7-5-10)19-17-20(9-14(22)25-2)13(21)8-12(27-17)15(18)23/h4-7,12H,3,8-9H2,1-2H3,(H2,18,23). The number of benzene rings is 1. The molecule has 0 aliphatic carbocycles. The van der Waals surface area contributed by atoms with E-state index in [-0.39, 0.29) is 24.7 Å². The lowest BCUT2D eigenvalue weighted by Gasteiger charge is -2.30. The van der Waals surface area contributed by atoms with Crippen LogP contribution in [0.4, 0.5) is 5.69 Å². The van der Waals surface area contributed by atoms with E-state index < -0.39 is 29.0 Å². The molecule has 27 heavy (non-hydrogen) atoms. The molecule has 1 unspecified atom stereocenters. The zero-order chi connectivity index (χ0) is 20.0. The second-order valence-corrected chi connectivity index (χ2v) is 6.60. The summed E-state index contributed by atoms with van der Waals surface area (Å²) >= 11 is 0.999. The number of rotatable bonds is 6. The van der Waals surface area contributed by atoms with Gasteiger partial charge in [0.15, 0.2) is 5.17 Å². The largest absolute Gasteiger partial charge is 0.468 e. The Balaban J connectivity index is 2.30. The van der Waals surface area contributed by atoms with E-state index in [0.29, 0.717) is 11.3 Å². The number of nitrogens with zero attached hydrogens (tertiary/aromatic N) is 2. The highest BCUT2D eigenvalue weighted by molar-refractivity contribution is 8.15. The lowest BCUT2D eigenvalue weighted by atomic mass is 10.2. The molecule has 0 spiro atoms. The minimum absolute atomic E-state index is 0.127. The van der Waals surface area contributed by atoms with E-state index in [0.717, 1.165) is 16.7 Å². The first-order chi connectivity index (χ1) is 12.8. The van der Waals surface area contributed by atoms with Gasteiger partial charge in [0, 0.05) is 6.42 Å². The summed E-state index contributed by atoms with van der Waals surface area (Å²) in [5.41, 5.74) is 6.10. The fourth-order valence-electron chi connectivity index (χ4n) is 2.20. The van der Waals surface area contributed by atoms with Gasteiger partial charge in [0.25, 0.3) is 0 Å². The normalized spacial score (nSPS) is 18.3. The van der Waals surface area contributed by atoms with Crippen molar-refractivity contribution in [2.45, 2.75) is 18.6 Å². The summed E-state index contributed by atoms with van der Waals surface area (Å²) in [6.07, 6.45) is -0.127. The van der Waals surface area contributed by atoms with Gasteiger partial charge < -0.3 is 15.2 Å². The van der Waals surface area contributed by atoms with Gasteiger partial charge in [0.05, 0.1) is 30.2 Å². The van der Waals surface area contributed by atoms with Gasteiger partial charge in [0.1, 0.15) is 6.54 Å². The fraction of sp³-hybridized carbons (Fsp3) is 0.353. The summed E-state index contributed by atoms with van der Waals surface area (Å²) in [7, 11) is 1.21. The molecule has 10 heteroatoms. The maximum absolute atomic E-state index is 12.3. The number of ether oxygens (including phenoxy) is 2. The average molecular weight is 393 g/mol. The Morgan fingerprint density at radius 1 is 1.30 bits per heavy atom. The summed E-state index contributed by atoms with van der Waals surface area (Å²) in [5, 5.41) is -0.617. The minimum Gasteiger partial charge on any atom is -0.468 e. The minimum atomic E-state index is -0.774. The monoisotopic (exact) mass is 393 g/mol. The van der Waals surface area contributed by atoms with Crippen LogP contribution in [0.15, 0.2) is 29.3 Å². The van der Waals surface area contributed by atoms with Crippen LogP contribution in [0.5, 0.6) is 0 Å². The molecule has 2 rings (SSSR count). The number of thioether (sulfide) groups is 1. The summed E-state index contributed by atoms with van der Waals surface area (Å²) in [6.45, 7) is 1.65. The van der Waals surface area contributed by atoms with Crippen LogP contribution in [0.25, 0.3) is 0 Å². The van der Waals surface area contributed by atoms with E-state index >= 15 is 0 Å². The van der Waals surface area contributed by atoms with Gasteiger partial charge >= 0.3 is 11.9 Å². The predicted molar refractivity (Wildman–Crippen MR) is 98.4 cm³/mol. The number of amides is 2. The van der Waals surface area contributed by atoms with Crippen LogP contribution in [0.3, 0.4) is 0 Å². The van der Waals surface area contributed by atoms with Crippen molar-refractivity contribution in [2.75, 3.05) is 20.3 Å². The number of carbonyl (C=O) groups is 4. The lowest BCUT2D eigenvalue weighted by Crippen LogP contribution is -2.47. The van der Waals surface area contributed by atoms with Crippen LogP contribution >= 0.6 is 11.8 Å². The van der Waals surface area contributed by atoms with Crippen molar-refractivity contribution in [3.8, 4) is 0 Å². The van der Waals surface area contributed by atoms with Crippen molar-refractivity contribution in [1.82, 2.24) is 4.90 Å². The molecular formula is C17H19N3O6S. The molecule has 0 aromatic heterocycles. The third-order valence-electron chi connectivity index (χ3n) is 3.58. The zero-order valence-electron chi connectivity index (χ0n) is 14.8. The van der Waals surface area contributed by atoms with Crippen molar-refractivity contribution < 1.29 is 28.7 Å². The van der Waals surface area contributed by atoms with Gasteiger partial charge in [-0.25, -0.2) is 9.79 Å². The summed E-state index contributed by atoms with van der Waals surface area (Å²) < 4.78 is 9.51. The first-order valence-corrected chi connectivity index (χ1v) is 8.92. The van der Waals surface area contributed by atoms with Gasteiger partial charge in [-0.05, 0) is 31.2 Å². The molecule has 0 bridgehead atoms. The molecular weight excluding hydrogens is 374 g/mol. The van der Waals surface area contributed by atoms with Gasteiger partial charge in [-0.1, -0.05) is 11.8 Å². The third-order valence-corrected chi connectivity index (χ3v) is 4.78. The number of methoxy groups -OCH3 is 1. The van der Waals surface area contributed by atoms with E-state index in [2.05, 4.69) is 9.73 Å². The van der Waals surface area contributed by atoms with Crippen molar-refractivity contribution in [3.63, 3.8) is 0 Å². The number of carbonyl (C=O) groups excluding carboxylic acids is 4. The first-order valence-electron chi connectivity index (χ1n) is 8.04. The molecule has 1 fully saturated rings. The number of amidine groups is 1. The highest BCUT2D eigenvalue weighted by atomic mass is 32.2. The lowest BCUT2D eigenvalue weighted by molar-refractivity contribution is -0.144. The predicted octanol–water partition coefficient (Wildman–Crippen LogP) is 0.843. The molecule has 1 atom stereocenters. The van der Waals surface area contributed by atoms with E-state index in [4.69, 9.17) is 10.5 Å². The van der Waals surface area contributed by atoms with Gasteiger partial charge in [-0.2, -0.15) is 0 Å².